The number of carboxylic acids is 1. The number of carbonyl (C=O) groups is 3. The fourth-order valence-corrected chi connectivity index (χ4v) is 3.39. The Morgan fingerprint density at radius 2 is 1.55 bits per heavy atom. The van der Waals surface area contributed by atoms with Gasteiger partial charge in [0.25, 0.3) is 5.91 Å². The highest BCUT2D eigenvalue weighted by Gasteiger charge is 2.21. The number of piperidine rings is 1. The molecule has 1 aliphatic rings. The Hall–Kier alpha value is -3.15. The van der Waals surface area contributed by atoms with Crippen LogP contribution in [0.4, 0.5) is 5.69 Å². The van der Waals surface area contributed by atoms with E-state index in [1.807, 2.05) is 4.90 Å². The maximum Gasteiger partial charge on any atom is 0.335 e. The second kappa shape index (κ2) is 9.37. The van der Waals surface area contributed by atoms with Crippen molar-refractivity contribution in [3.8, 4) is 0 Å². The van der Waals surface area contributed by atoms with Crippen molar-refractivity contribution in [3.05, 3.63) is 65.2 Å². The Kier molecular flexibility index (Phi) is 6.65. The number of nitrogens with zero attached hydrogens (tertiary/aromatic N) is 1. The van der Waals surface area contributed by atoms with Crippen molar-refractivity contribution in [2.75, 3.05) is 18.4 Å². The lowest BCUT2D eigenvalue weighted by Gasteiger charge is -2.30. The summed E-state index contributed by atoms with van der Waals surface area (Å²) in [6.45, 7) is 3.81. The maximum absolute atomic E-state index is 12.6. The monoisotopic (exact) mass is 394 g/mol. The van der Waals surface area contributed by atoms with E-state index in [2.05, 4.69) is 12.2 Å². The summed E-state index contributed by atoms with van der Waals surface area (Å²) in [7, 11) is 0. The fraction of sp³-hybridized carbons (Fsp3) is 0.348. The van der Waals surface area contributed by atoms with Gasteiger partial charge in [0.2, 0.25) is 5.91 Å². The van der Waals surface area contributed by atoms with Crippen molar-refractivity contribution in [1.29, 1.82) is 0 Å². The van der Waals surface area contributed by atoms with E-state index < -0.39 is 5.97 Å². The molecule has 0 unspecified atom stereocenters. The lowest BCUT2D eigenvalue weighted by Crippen LogP contribution is -2.37. The molecular weight excluding hydrogens is 368 g/mol. The van der Waals surface area contributed by atoms with Crippen LogP contribution in [0.25, 0.3) is 0 Å². The minimum Gasteiger partial charge on any atom is -0.478 e. The van der Waals surface area contributed by atoms with Crippen LogP contribution in [0.15, 0.2) is 48.5 Å². The standard InChI is InChI=1S/C23H26N2O4/c1-16-12-14-25(15-13-16)22(27)18-7-9-20(10-8-18)24-21(26)11-4-17-2-5-19(6-3-17)23(28)29/h2-3,5-10,16H,4,11-15H2,1H3,(H,24,26)(H,28,29). The molecule has 1 saturated heterocycles. The van der Waals surface area contributed by atoms with Gasteiger partial charge in [0.05, 0.1) is 5.56 Å². The number of rotatable bonds is 6. The molecule has 0 atom stereocenters. The van der Waals surface area contributed by atoms with Crippen molar-refractivity contribution in [2.45, 2.75) is 32.6 Å². The molecule has 6 nitrogen and oxygen atoms in total. The highest BCUT2D eigenvalue weighted by Crippen LogP contribution is 2.19. The minimum absolute atomic E-state index is 0.0413. The van der Waals surface area contributed by atoms with Crippen LogP contribution in [0.1, 0.15) is 52.5 Å². The first-order chi connectivity index (χ1) is 13.9. The molecule has 1 aliphatic heterocycles. The van der Waals surface area contributed by atoms with E-state index in [1.165, 1.54) is 12.1 Å². The molecule has 2 amide bonds. The van der Waals surface area contributed by atoms with Gasteiger partial charge in [0.15, 0.2) is 0 Å². The topological polar surface area (TPSA) is 86.7 Å². The third kappa shape index (κ3) is 5.67. The van der Waals surface area contributed by atoms with E-state index in [9.17, 15) is 14.4 Å². The number of benzene rings is 2. The molecule has 152 valence electrons. The molecule has 0 aromatic heterocycles. The number of amides is 2. The average Bonchev–Trinajstić information content (AvgIpc) is 2.73. The van der Waals surface area contributed by atoms with E-state index in [0.717, 1.165) is 31.5 Å². The first kappa shape index (κ1) is 20.6. The van der Waals surface area contributed by atoms with Gasteiger partial charge in [-0.25, -0.2) is 4.79 Å². The van der Waals surface area contributed by atoms with Gasteiger partial charge < -0.3 is 15.3 Å². The Labute approximate surface area is 170 Å². The average molecular weight is 394 g/mol. The molecule has 0 bridgehead atoms. The summed E-state index contributed by atoms with van der Waals surface area (Å²) < 4.78 is 0. The predicted octanol–water partition coefficient (Wildman–Crippen LogP) is 3.83. The number of carbonyl (C=O) groups excluding carboxylic acids is 2. The minimum atomic E-state index is -0.967. The zero-order chi connectivity index (χ0) is 20.8. The van der Waals surface area contributed by atoms with Crippen LogP contribution in [-0.4, -0.2) is 40.9 Å². The van der Waals surface area contributed by atoms with E-state index in [4.69, 9.17) is 5.11 Å². The Morgan fingerprint density at radius 3 is 2.14 bits per heavy atom. The second-order valence-electron chi connectivity index (χ2n) is 7.60. The number of anilines is 1. The van der Waals surface area contributed by atoms with Gasteiger partial charge in [0.1, 0.15) is 0 Å². The van der Waals surface area contributed by atoms with E-state index in [0.29, 0.717) is 30.0 Å². The number of likely N-dealkylation sites (tertiary alicyclic amines) is 1. The van der Waals surface area contributed by atoms with Crippen LogP contribution in [0, 0.1) is 5.92 Å². The summed E-state index contributed by atoms with van der Waals surface area (Å²) in [5.41, 5.74) is 2.42. The molecule has 0 aliphatic carbocycles. The van der Waals surface area contributed by atoms with Crippen molar-refractivity contribution in [2.24, 2.45) is 5.92 Å². The van der Waals surface area contributed by atoms with E-state index in [1.54, 1.807) is 36.4 Å². The van der Waals surface area contributed by atoms with Gasteiger partial charge in [-0.2, -0.15) is 0 Å². The largest absolute Gasteiger partial charge is 0.478 e. The molecule has 1 fully saturated rings. The summed E-state index contributed by atoms with van der Waals surface area (Å²) in [4.78, 5) is 37.5. The molecule has 2 N–H and O–H groups in total. The molecule has 0 radical (unpaired) electrons. The molecule has 0 spiro atoms. The van der Waals surface area contributed by atoms with Gasteiger partial charge >= 0.3 is 5.97 Å². The number of carboxylic acid groups (broad SMARTS) is 1. The Balaban J connectivity index is 1.49. The molecule has 0 saturated carbocycles. The predicted molar refractivity (Wildman–Crippen MR) is 111 cm³/mol. The lowest BCUT2D eigenvalue weighted by molar-refractivity contribution is -0.116. The molecule has 2 aromatic rings. The second-order valence-corrected chi connectivity index (χ2v) is 7.60. The number of aromatic carboxylic acids is 1. The van der Waals surface area contributed by atoms with E-state index in [-0.39, 0.29) is 17.4 Å². The Morgan fingerprint density at radius 1 is 0.966 bits per heavy atom. The number of aryl methyl sites for hydroxylation is 1. The van der Waals surface area contributed by atoms with Gasteiger partial charge in [-0.1, -0.05) is 19.1 Å². The Bertz CT molecular complexity index is 867. The van der Waals surface area contributed by atoms with Crippen LogP contribution < -0.4 is 5.32 Å². The van der Waals surface area contributed by atoms with Gasteiger partial charge in [-0.15, -0.1) is 0 Å². The first-order valence-electron chi connectivity index (χ1n) is 9.94. The SMILES string of the molecule is CC1CCN(C(=O)c2ccc(NC(=O)CCc3ccc(C(=O)O)cc3)cc2)CC1. The zero-order valence-corrected chi connectivity index (χ0v) is 16.6. The fourth-order valence-electron chi connectivity index (χ4n) is 3.39. The summed E-state index contributed by atoms with van der Waals surface area (Å²) in [6.07, 6.45) is 2.90. The van der Waals surface area contributed by atoms with Crippen molar-refractivity contribution >= 4 is 23.5 Å². The third-order valence-electron chi connectivity index (χ3n) is 5.33. The normalized spacial score (nSPS) is 14.4. The highest BCUT2D eigenvalue weighted by molar-refractivity contribution is 5.96. The third-order valence-corrected chi connectivity index (χ3v) is 5.33. The molecule has 1 heterocycles. The summed E-state index contributed by atoms with van der Waals surface area (Å²) >= 11 is 0. The number of hydrogen-bond donors (Lipinski definition) is 2. The van der Waals surface area contributed by atoms with Crippen LogP contribution in [-0.2, 0) is 11.2 Å². The van der Waals surface area contributed by atoms with Gasteiger partial charge in [0, 0.05) is 30.8 Å². The molecule has 29 heavy (non-hydrogen) atoms. The van der Waals surface area contributed by atoms with E-state index >= 15 is 0 Å². The molecule has 2 aromatic carbocycles. The lowest BCUT2D eigenvalue weighted by atomic mass is 9.98. The van der Waals surface area contributed by atoms with Crippen LogP contribution in [0.3, 0.4) is 0 Å². The van der Waals surface area contributed by atoms with Crippen LogP contribution in [0.2, 0.25) is 0 Å². The quantitative estimate of drug-likeness (QED) is 0.780. The van der Waals surface area contributed by atoms with Crippen molar-refractivity contribution in [1.82, 2.24) is 4.90 Å². The van der Waals surface area contributed by atoms with Crippen LogP contribution in [0.5, 0.6) is 0 Å². The zero-order valence-electron chi connectivity index (χ0n) is 16.6. The molecular formula is C23H26N2O4. The van der Waals surface area contributed by atoms with Crippen molar-refractivity contribution in [3.63, 3.8) is 0 Å². The summed E-state index contributed by atoms with van der Waals surface area (Å²) in [6, 6.07) is 13.5. The maximum atomic E-state index is 12.6. The smallest absolute Gasteiger partial charge is 0.335 e. The number of hydrogen-bond acceptors (Lipinski definition) is 3. The number of nitrogens with one attached hydrogen (secondary N) is 1. The first-order valence-corrected chi connectivity index (χ1v) is 9.94. The summed E-state index contributed by atoms with van der Waals surface area (Å²) in [5, 5.41) is 11.7. The van der Waals surface area contributed by atoms with Gasteiger partial charge in [-0.3, -0.25) is 9.59 Å². The molecule has 3 rings (SSSR count). The summed E-state index contributed by atoms with van der Waals surface area (Å²) in [5.74, 6) is -0.381. The molecule has 6 heteroatoms. The van der Waals surface area contributed by atoms with Crippen LogP contribution >= 0.6 is 0 Å². The highest BCUT2D eigenvalue weighted by atomic mass is 16.4. The van der Waals surface area contributed by atoms with Gasteiger partial charge in [-0.05, 0) is 67.1 Å². The van der Waals surface area contributed by atoms with Crippen molar-refractivity contribution < 1.29 is 19.5 Å².